The Morgan fingerprint density at radius 2 is 1.74 bits per heavy atom. The molecule has 2 atom stereocenters. The second-order valence-corrected chi connectivity index (χ2v) is 7.84. The van der Waals surface area contributed by atoms with Crippen LogP contribution in [0.3, 0.4) is 0 Å². The highest BCUT2D eigenvalue weighted by Crippen LogP contribution is 2.33. The van der Waals surface area contributed by atoms with Gasteiger partial charge < -0.3 is 14.7 Å². The number of hydrogen-bond donors (Lipinski definition) is 0. The number of carbonyl (C=O) groups is 1. The summed E-state index contributed by atoms with van der Waals surface area (Å²) in [7, 11) is 4.02. The van der Waals surface area contributed by atoms with Crippen molar-refractivity contribution in [3.8, 4) is 0 Å². The minimum Gasteiger partial charge on any atom is -0.362 e. The van der Waals surface area contributed by atoms with Gasteiger partial charge in [0, 0.05) is 32.7 Å². The fraction of sp³-hybridized carbons (Fsp3) is 0.435. The smallest absolute Gasteiger partial charge is 0.245 e. The van der Waals surface area contributed by atoms with Gasteiger partial charge in [-0.2, -0.15) is 0 Å². The molecule has 4 rings (SSSR count). The quantitative estimate of drug-likeness (QED) is 0.815. The molecule has 4 heteroatoms. The number of para-hydroxylation sites is 1. The van der Waals surface area contributed by atoms with E-state index in [4.69, 9.17) is 0 Å². The van der Waals surface area contributed by atoms with Gasteiger partial charge in [0.25, 0.3) is 0 Å². The predicted octanol–water partition coefficient (Wildman–Crippen LogP) is 3.34. The first-order valence-corrected chi connectivity index (χ1v) is 10.00. The summed E-state index contributed by atoms with van der Waals surface area (Å²) < 4.78 is 0. The highest BCUT2D eigenvalue weighted by Gasteiger charge is 2.36. The number of carbonyl (C=O) groups excluding carboxylic acids is 1. The molecule has 2 unspecified atom stereocenters. The van der Waals surface area contributed by atoms with Gasteiger partial charge in [0.05, 0.1) is 6.04 Å². The van der Waals surface area contributed by atoms with E-state index in [1.807, 2.05) is 31.1 Å². The standard InChI is InChI=1S/C23H29N3O/c1-24-20-13-7-6-12-19(20)16-21(24)23(27)25(2)22(17-26-14-8-9-15-26)18-10-4-3-5-11-18/h3-7,10-13,21-22H,8-9,14-17H2,1-2H3. The highest BCUT2D eigenvalue weighted by atomic mass is 16.2. The Morgan fingerprint density at radius 1 is 1.07 bits per heavy atom. The topological polar surface area (TPSA) is 26.8 Å². The molecule has 2 aromatic carbocycles. The summed E-state index contributed by atoms with van der Waals surface area (Å²) in [6.07, 6.45) is 3.32. The zero-order valence-electron chi connectivity index (χ0n) is 16.3. The van der Waals surface area contributed by atoms with E-state index < -0.39 is 0 Å². The largest absolute Gasteiger partial charge is 0.362 e. The van der Waals surface area contributed by atoms with E-state index >= 15 is 0 Å². The second-order valence-electron chi connectivity index (χ2n) is 7.84. The van der Waals surface area contributed by atoms with Gasteiger partial charge >= 0.3 is 0 Å². The Hall–Kier alpha value is -2.33. The number of hydrogen-bond acceptors (Lipinski definition) is 3. The lowest BCUT2D eigenvalue weighted by atomic mass is 10.0. The molecule has 0 spiro atoms. The van der Waals surface area contributed by atoms with Crippen molar-refractivity contribution in [2.45, 2.75) is 31.3 Å². The molecule has 0 saturated carbocycles. The van der Waals surface area contributed by atoms with Crippen molar-refractivity contribution in [1.29, 1.82) is 0 Å². The van der Waals surface area contributed by atoms with Crippen molar-refractivity contribution < 1.29 is 4.79 Å². The molecule has 142 valence electrons. The number of amides is 1. The summed E-state index contributed by atoms with van der Waals surface area (Å²) in [6.45, 7) is 3.19. The zero-order chi connectivity index (χ0) is 18.8. The molecule has 1 amide bonds. The molecule has 0 radical (unpaired) electrons. The van der Waals surface area contributed by atoms with Gasteiger partial charge in [-0.15, -0.1) is 0 Å². The summed E-state index contributed by atoms with van der Waals surface area (Å²) in [5.74, 6) is 0.210. The van der Waals surface area contributed by atoms with Crippen molar-refractivity contribution in [2.24, 2.45) is 0 Å². The maximum absolute atomic E-state index is 13.5. The van der Waals surface area contributed by atoms with Gasteiger partial charge in [-0.05, 0) is 43.1 Å². The monoisotopic (exact) mass is 363 g/mol. The van der Waals surface area contributed by atoms with Crippen LogP contribution in [0.2, 0.25) is 0 Å². The van der Waals surface area contributed by atoms with Gasteiger partial charge in [-0.1, -0.05) is 48.5 Å². The van der Waals surface area contributed by atoms with Crippen molar-refractivity contribution in [3.63, 3.8) is 0 Å². The number of nitrogens with zero attached hydrogens (tertiary/aromatic N) is 3. The Labute approximate surface area is 162 Å². The van der Waals surface area contributed by atoms with Crippen LogP contribution in [0.5, 0.6) is 0 Å². The normalized spacial score (nSPS) is 20.5. The third kappa shape index (κ3) is 3.59. The van der Waals surface area contributed by atoms with Crippen LogP contribution in [0.25, 0.3) is 0 Å². The Bertz CT molecular complexity index is 785. The zero-order valence-corrected chi connectivity index (χ0v) is 16.3. The minimum absolute atomic E-state index is 0.0916. The Kier molecular flexibility index (Phi) is 5.17. The SMILES string of the molecule is CN(C(=O)C1Cc2ccccc2N1C)C(CN1CCCC1)c1ccccc1. The number of benzene rings is 2. The van der Waals surface area contributed by atoms with Crippen LogP contribution in [0.1, 0.15) is 30.0 Å². The first-order chi connectivity index (χ1) is 13.1. The number of anilines is 1. The van der Waals surface area contributed by atoms with Crippen LogP contribution < -0.4 is 4.90 Å². The van der Waals surface area contributed by atoms with Crippen LogP contribution in [-0.2, 0) is 11.2 Å². The summed E-state index contributed by atoms with van der Waals surface area (Å²) in [5.41, 5.74) is 3.67. The third-order valence-corrected chi connectivity index (χ3v) is 6.17. The lowest BCUT2D eigenvalue weighted by Crippen LogP contribution is -2.47. The molecule has 27 heavy (non-hydrogen) atoms. The molecule has 0 bridgehead atoms. The average Bonchev–Trinajstić information content (AvgIpc) is 3.34. The molecule has 0 N–H and O–H groups in total. The summed E-state index contributed by atoms with van der Waals surface area (Å²) in [6, 6.07) is 18.8. The maximum Gasteiger partial charge on any atom is 0.245 e. The fourth-order valence-corrected chi connectivity index (χ4v) is 4.52. The minimum atomic E-state index is -0.114. The lowest BCUT2D eigenvalue weighted by molar-refractivity contribution is -0.133. The first-order valence-electron chi connectivity index (χ1n) is 10.00. The van der Waals surface area contributed by atoms with Gasteiger partial charge in [-0.3, -0.25) is 4.79 Å². The van der Waals surface area contributed by atoms with Gasteiger partial charge in [0.15, 0.2) is 0 Å². The Morgan fingerprint density at radius 3 is 2.44 bits per heavy atom. The molecule has 2 heterocycles. The van der Waals surface area contributed by atoms with Crippen molar-refractivity contribution >= 4 is 11.6 Å². The van der Waals surface area contributed by atoms with Crippen LogP contribution in [0.4, 0.5) is 5.69 Å². The number of likely N-dealkylation sites (N-methyl/N-ethyl adjacent to an activating group) is 2. The molecule has 2 aromatic rings. The lowest BCUT2D eigenvalue weighted by Gasteiger charge is -2.35. The predicted molar refractivity (Wildman–Crippen MR) is 110 cm³/mol. The molecule has 1 fully saturated rings. The molecule has 0 aromatic heterocycles. The number of fused-ring (bicyclic) bond motifs is 1. The Balaban J connectivity index is 1.55. The molecule has 2 aliphatic rings. The van der Waals surface area contributed by atoms with Crippen molar-refractivity contribution in [1.82, 2.24) is 9.80 Å². The van der Waals surface area contributed by atoms with E-state index in [1.165, 1.54) is 29.7 Å². The van der Waals surface area contributed by atoms with Crippen LogP contribution in [-0.4, -0.2) is 55.5 Å². The van der Waals surface area contributed by atoms with Crippen LogP contribution in [0, 0.1) is 0 Å². The van der Waals surface area contributed by atoms with Crippen LogP contribution in [0.15, 0.2) is 54.6 Å². The van der Waals surface area contributed by atoms with Gasteiger partial charge in [0.2, 0.25) is 5.91 Å². The van der Waals surface area contributed by atoms with Crippen molar-refractivity contribution in [2.75, 3.05) is 38.6 Å². The summed E-state index contributed by atoms with van der Waals surface area (Å²) >= 11 is 0. The maximum atomic E-state index is 13.5. The summed E-state index contributed by atoms with van der Waals surface area (Å²) in [4.78, 5) is 20.1. The van der Waals surface area contributed by atoms with Gasteiger partial charge in [-0.25, -0.2) is 0 Å². The summed E-state index contributed by atoms with van der Waals surface area (Å²) in [5, 5.41) is 0. The molecule has 2 aliphatic heterocycles. The molecule has 0 aliphatic carbocycles. The van der Waals surface area contributed by atoms with Gasteiger partial charge in [0.1, 0.15) is 6.04 Å². The number of rotatable bonds is 5. The number of likely N-dealkylation sites (tertiary alicyclic amines) is 1. The van der Waals surface area contributed by atoms with E-state index in [0.29, 0.717) is 0 Å². The molecule has 4 nitrogen and oxygen atoms in total. The van der Waals surface area contributed by atoms with Crippen molar-refractivity contribution in [3.05, 3.63) is 65.7 Å². The average molecular weight is 364 g/mol. The molecular formula is C23H29N3O. The third-order valence-electron chi connectivity index (χ3n) is 6.17. The van der Waals surface area contributed by atoms with E-state index in [0.717, 1.165) is 26.1 Å². The van der Waals surface area contributed by atoms with Crippen LogP contribution >= 0.6 is 0 Å². The fourth-order valence-electron chi connectivity index (χ4n) is 4.52. The second kappa shape index (κ2) is 7.73. The molecule has 1 saturated heterocycles. The molecular weight excluding hydrogens is 334 g/mol. The first kappa shape index (κ1) is 18.1. The highest BCUT2D eigenvalue weighted by molar-refractivity contribution is 5.88. The van der Waals surface area contributed by atoms with E-state index in [9.17, 15) is 4.79 Å². The van der Waals surface area contributed by atoms with E-state index in [1.54, 1.807) is 0 Å². The van der Waals surface area contributed by atoms with E-state index in [2.05, 4.69) is 52.3 Å². The van der Waals surface area contributed by atoms with E-state index in [-0.39, 0.29) is 18.0 Å².